The van der Waals surface area contributed by atoms with Crippen molar-refractivity contribution in [3.8, 4) is 22.8 Å². The van der Waals surface area contributed by atoms with Crippen molar-refractivity contribution in [2.24, 2.45) is 0 Å². The van der Waals surface area contributed by atoms with Gasteiger partial charge >= 0.3 is 0 Å². The molecule has 0 saturated heterocycles. The fourth-order valence-corrected chi connectivity index (χ4v) is 3.23. The maximum atomic E-state index is 10.4. The molecule has 3 heterocycles. The van der Waals surface area contributed by atoms with E-state index in [4.69, 9.17) is 15.5 Å². The van der Waals surface area contributed by atoms with Gasteiger partial charge in [-0.1, -0.05) is 18.2 Å². The number of anilines is 1. The lowest BCUT2D eigenvalue weighted by Gasteiger charge is -2.11. The first-order valence-electron chi connectivity index (χ1n) is 8.04. The van der Waals surface area contributed by atoms with Crippen molar-refractivity contribution >= 4 is 27.5 Å². The Morgan fingerprint density at radius 1 is 1.24 bits per heavy atom. The van der Waals surface area contributed by atoms with Gasteiger partial charge in [0.15, 0.2) is 0 Å². The fraction of sp³-hybridized carbons (Fsp3) is 0.158. The molecule has 4 aromatic rings. The molecule has 0 aliphatic heterocycles. The summed E-state index contributed by atoms with van der Waals surface area (Å²) in [6.07, 6.45) is 5.26. The normalized spacial score (nSPS) is 11.3. The number of para-hydroxylation sites is 1. The molecule has 0 aliphatic carbocycles. The summed E-state index contributed by atoms with van der Waals surface area (Å²) >= 11 is 0. The van der Waals surface area contributed by atoms with Crippen molar-refractivity contribution in [1.82, 2.24) is 14.5 Å². The summed E-state index contributed by atoms with van der Waals surface area (Å²) in [5.41, 5.74) is 10.1. The molecule has 4 rings (SSSR count). The van der Waals surface area contributed by atoms with Gasteiger partial charge in [0.2, 0.25) is 5.88 Å². The molecule has 1 aromatic carbocycles. The number of nitrogens with two attached hydrogens (primary N) is 1. The second kappa shape index (κ2) is 5.66. The number of nitrogen functional groups attached to an aromatic ring is 1. The molecule has 0 unspecified atom stereocenters. The number of methoxy groups -OCH3 is 1. The highest BCUT2D eigenvalue weighted by Gasteiger charge is 2.18. The highest BCUT2D eigenvalue weighted by molar-refractivity contribution is 6.12. The highest BCUT2D eigenvalue weighted by Crippen LogP contribution is 2.40. The van der Waals surface area contributed by atoms with Gasteiger partial charge in [-0.25, -0.2) is 4.98 Å². The van der Waals surface area contributed by atoms with Gasteiger partial charge in [-0.05, 0) is 13.0 Å². The van der Waals surface area contributed by atoms with Crippen LogP contribution in [0.15, 0.2) is 42.9 Å². The van der Waals surface area contributed by atoms with Gasteiger partial charge < -0.3 is 20.1 Å². The number of nitrogens with zero attached hydrogens (tertiary/aromatic N) is 3. The molecule has 0 radical (unpaired) electrons. The third-order valence-corrected chi connectivity index (χ3v) is 4.49. The Bertz CT molecular complexity index is 1100. The zero-order valence-corrected chi connectivity index (χ0v) is 14.0. The summed E-state index contributed by atoms with van der Waals surface area (Å²) in [7, 11) is 1.63. The quantitative estimate of drug-likeness (QED) is 0.598. The molecule has 0 amide bonds. The van der Waals surface area contributed by atoms with Crippen LogP contribution >= 0.6 is 0 Å². The highest BCUT2D eigenvalue weighted by atomic mass is 16.5. The van der Waals surface area contributed by atoms with Crippen LogP contribution in [0.1, 0.15) is 6.92 Å². The maximum Gasteiger partial charge on any atom is 0.202 e. The van der Waals surface area contributed by atoms with Gasteiger partial charge in [0.05, 0.1) is 29.2 Å². The lowest BCUT2D eigenvalue weighted by atomic mass is 10.0. The Labute approximate surface area is 144 Å². The Balaban J connectivity index is 2.11. The van der Waals surface area contributed by atoms with E-state index in [1.54, 1.807) is 24.1 Å². The molecule has 0 bridgehead atoms. The number of rotatable bonds is 3. The molecule has 3 N–H and O–H groups in total. The summed E-state index contributed by atoms with van der Waals surface area (Å²) in [6.45, 7) is 2.60. The number of aromatic hydroxyl groups is 1. The molecule has 0 fully saturated rings. The van der Waals surface area contributed by atoms with E-state index in [2.05, 4.69) is 4.98 Å². The van der Waals surface area contributed by atoms with Crippen LogP contribution in [0, 0.1) is 0 Å². The van der Waals surface area contributed by atoms with Crippen molar-refractivity contribution in [3.63, 3.8) is 0 Å². The number of aryl methyl sites for hydroxylation is 1. The van der Waals surface area contributed by atoms with Gasteiger partial charge in [0.25, 0.3) is 0 Å². The summed E-state index contributed by atoms with van der Waals surface area (Å²) in [6, 6.07) is 7.61. The predicted octanol–water partition coefficient (Wildman–Crippen LogP) is 3.57. The number of ether oxygens (including phenoxy) is 1. The van der Waals surface area contributed by atoms with Crippen LogP contribution < -0.4 is 10.5 Å². The lowest BCUT2D eigenvalue weighted by molar-refractivity contribution is 0.416. The summed E-state index contributed by atoms with van der Waals surface area (Å²) in [4.78, 5) is 8.99. The van der Waals surface area contributed by atoms with Crippen LogP contribution in [-0.2, 0) is 6.54 Å². The monoisotopic (exact) mass is 334 g/mol. The molecular formula is C19H18N4O2. The van der Waals surface area contributed by atoms with Gasteiger partial charge in [0.1, 0.15) is 5.75 Å². The minimum absolute atomic E-state index is 0.147. The Morgan fingerprint density at radius 2 is 2.08 bits per heavy atom. The maximum absolute atomic E-state index is 10.4. The Kier molecular flexibility index (Phi) is 3.46. The Morgan fingerprint density at radius 3 is 2.84 bits per heavy atom. The molecule has 0 aliphatic rings. The lowest BCUT2D eigenvalue weighted by Crippen LogP contribution is -1.95. The van der Waals surface area contributed by atoms with Gasteiger partial charge in [-0.15, -0.1) is 0 Å². The average Bonchev–Trinajstić information content (AvgIpc) is 2.97. The number of fused-ring (bicyclic) bond motifs is 2. The number of benzene rings is 1. The zero-order chi connectivity index (χ0) is 17.6. The SMILES string of the molecule is CCn1cc2nc3c(-c4cnccc4OC)cccc3c(N)c2c1O. The first-order valence-corrected chi connectivity index (χ1v) is 8.04. The molecule has 0 spiro atoms. The van der Waals surface area contributed by atoms with Crippen LogP contribution in [0.5, 0.6) is 11.6 Å². The number of hydrogen-bond donors (Lipinski definition) is 2. The zero-order valence-electron chi connectivity index (χ0n) is 14.0. The molecular weight excluding hydrogens is 316 g/mol. The molecule has 3 aromatic heterocycles. The van der Waals surface area contributed by atoms with Gasteiger partial charge in [-0.3, -0.25) is 4.98 Å². The van der Waals surface area contributed by atoms with E-state index in [1.165, 1.54) is 0 Å². The standard InChI is InChI=1S/C19H18N4O2/c1-3-23-10-14-16(19(23)24)17(20)12-6-4-5-11(18(12)22-14)13-9-21-8-7-15(13)25-2/h4-10,24H,3,20H2,1-2H3. The molecule has 6 nitrogen and oxygen atoms in total. The van der Waals surface area contributed by atoms with Crippen molar-refractivity contribution in [1.29, 1.82) is 0 Å². The number of hydrogen-bond acceptors (Lipinski definition) is 5. The predicted molar refractivity (Wildman–Crippen MR) is 98.8 cm³/mol. The van der Waals surface area contributed by atoms with E-state index in [0.717, 1.165) is 27.8 Å². The smallest absolute Gasteiger partial charge is 0.202 e. The van der Waals surface area contributed by atoms with E-state index in [1.807, 2.05) is 37.4 Å². The van der Waals surface area contributed by atoms with Crippen LogP contribution in [0.3, 0.4) is 0 Å². The molecule has 126 valence electrons. The van der Waals surface area contributed by atoms with Gasteiger partial charge in [-0.2, -0.15) is 0 Å². The third-order valence-electron chi connectivity index (χ3n) is 4.49. The molecule has 0 atom stereocenters. The topological polar surface area (TPSA) is 86.2 Å². The van der Waals surface area contributed by atoms with Crippen LogP contribution in [0.25, 0.3) is 32.9 Å². The van der Waals surface area contributed by atoms with Crippen molar-refractivity contribution in [2.75, 3.05) is 12.8 Å². The van der Waals surface area contributed by atoms with E-state index in [9.17, 15) is 5.11 Å². The number of pyridine rings is 2. The average molecular weight is 334 g/mol. The van der Waals surface area contributed by atoms with E-state index in [0.29, 0.717) is 23.1 Å². The first kappa shape index (κ1) is 15.3. The first-order chi connectivity index (χ1) is 12.2. The van der Waals surface area contributed by atoms with Crippen LogP contribution in [-0.4, -0.2) is 26.8 Å². The summed E-state index contributed by atoms with van der Waals surface area (Å²) in [5, 5.41) is 11.8. The second-order valence-electron chi connectivity index (χ2n) is 5.80. The summed E-state index contributed by atoms with van der Waals surface area (Å²) in [5.74, 6) is 0.866. The fourth-order valence-electron chi connectivity index (χ4n) is 3.23. The van der Waals surface area contributed by atoms with E-state index in [-0.39, 0.29) is 5.88 Å². The number of aromatic nitrogens is 3. The van der Waals surface area contributed by atoms with Crippen molar-refractivity contribution < 1.29 is 9.84 Å². The second-order valence-corrected chi connectivity index (χ2v) is 5.80. The minimum atomic E-state index is 0.147. The van der Waals surface area contributed by atoms with Gasteiger partial charge in [0, 0.05) is 41.6 Å². The largest absolute Gasteiger partial charge is 0.496 e. The van der Waals surface area contributed by atoms with Crippen LogP contribution in [0.4, 0.5) is 5.69 Å². The third kappa shape index (κ3) is 2.18. The minimum Gasteiger partial charge on any atom is -0.496 e. The van der Waals surface area contributed by atoms with Crippen molar-refractivity contribution in [3.05, 3.63) is 42.9 Å². The van der Waals surface area contributed by atoms with E-state index < -0.39 is 0 Å². The molecule has 6 heteroatoms. The van der Waals surface area contributed by atoms with Crippen molar-refractivity contribution in [2.45, 2.75) is 13.5 Å². The molecule has 0 saturated carbocycles. The van der Waals surface area contributed by atoms with E-state index >= 15 is 0 Å². The van der Waals surface area contributed by atoms with Crippen LogP contribution in [0.2, 0.25) is 0 Å². The Hall–Kier alpha value is -3.28. The summed E-state index contributed by atoms with van der Waals surface area (Å²) < 4.78 is 7.20. The molecule has 25 heavy (non-hydrogen) atoms.